The Kier molecular flexibility index (Phi) is 3.43. The molecule has 0 atom stereocenters. The number of rotatable bonds is 7. The molecule has 0 unspecified atom stereocenters. The maximum atomic E-state index is 9.50. The zero-order valence-corrected chi connectivity index (χ0v) is 10.1. The molecule has 0 aromatic rings. The van der Waals surface area contributed by atoms with Gasteiger partial charge in [0.25, 0.3) is 5.79 Å². The molecule has 0 aromatic carbocycles. The van der Waals surface area contributed by atoms with Crippen LogP contribution in [-0.4, -0.2) is 17.5 Å². The van der Waals surface area contributed by atoms with E-state index in [1.54, 1.807) is 12.5 Å². The van der Waals surface area contributed by atoms with Crippen LogP contribution in [0.1, 0.15) is 51.9 Å². The van der Waals surface area contributed by atoms with Gasteiger partial charge in [0.05, 0.1) is 12.0 Å². The fraction of sp³-hybridized carbons (Fsp3) is 0.846. The van der Waals surface area contributed by atoms with Crippen molar-refractivity contribution in [2.75, 3.05) is 6.61 Å². The summed E-state index contributed by atoms with van der Waals surface area (Å²) in [5.74, 6) is -0.560. The van der Waals surface area contributed by atoms with Crippen LogP contribution in [0.2, 0.25) is 0 Å². The summed E-state index contributed by atoms with van der Waals surface area (Å²) in [5.41, 5.74) is -0.136. The Balaban J connectivity index is 1.90. The maximum Gasteiger partial charge on any atom is 0.257 e. The lowest BCUT2D eigenvalue weighted by atomic mass is 9.90. The number of hydrogen-bond donors (Lipinski definition) is 1. The smallest absolute Gasteiger partial charge is 0.257 e. The first-order valence-electron chi connectivity index (χ1n) is 6.40. The van der Waals surface area contributed by atoms with Gasteiger partial charge in [-0.2, -0.15) is 0 Å². The average Bonchev–Trinajstić information content (AvgIpc) is 2.98. The first kappa shape index (κ1) is 11.8. The van der Waals surface area contributed by atoms with Gasteiger partial charge in [-0.05, 0) is 19.3 Å². The third-order valence-corrected chi connectivity index (χ3v) is 3.90. The van der Waals surface area contributed by atoms with Crippen molar-refractivity contribution in [1.82, 2.24) is 0 Å². The molecule has 1 heterocycles. The van der Waals surface area contributed by atoms with Crippen molar-refractivity contribution in [2.45, 2.75) is 57.7 Å². The maximum absolute atomic E-state index is 9.50. The Labute approximate surface area is 97.4 Å². The van der Waals surface area contributed by atoms with Crippen LogP contribution in [0.25, 0.3) is 0 Å². The molecule has 0 bridgehead atoms. The van der Waals surface area contributed by atoms with Gasteiger partial charge >= 0.3 is 0 Å². The summed E-state index contributed by atoms with van der Waals surface area (Å²) in [6.07, 6.45) is 11.0. The molecule has 1 aliphatic heterocycles. The zero-order valence-electron chi connectivity index (χ0n) is 10.1. The topological polar surface area (TPSA) is 38.7 Å². The molecule has 1 N–H and O–H groups in total. The van der Waals surface area contributed by atoms with E-state index in [-0.39, 0.29) is 12.0 Å². The van der Waals surface area contributed by atoms with E-state index < -0.39 is 5.79 Å². The molecule has 0 spiro atoms. The molecule has 1 fully saturated rings. The third kappa shape index (κ3) is 1.93. The minimum Gasteiger partial charge on any atom is -0.456 e. The third-order valence-electron chi connectivity index (χ3n) is 3.90. The largest absolute Gasteiger partial charge is 0.456 e. The van der Waals surface area contributed by atoms with E-state index in [1.165, 1.54) is 19.3 Å². The van der Waals surface area contributed by atoms with E-state index in [2.05, 4.69) is 6.92 Å². The summed E-state index contributed by atoms with van der Waals surface area (Å²) < 4.78 is 11.4. The van der Waals surface area contributed by atoms with E-state index >= 15 is 0 Å². The predicted molar refractivity (Wildman–Crippen MR) is 61.6 cm³/mol. The summed E-state index contributed by atoms with van der Waals surface area (Å²) >= 11 is 0. The summed E-state index contributed by atoms with van der Waals surface area (Å²) in [6.45, 7) is 2.37. The minimum absolute atomic E-state index is 0.136. The second-order valence-corrected chi connectivity index (χ2v) is 5.01. The van der Waals surface area contributed by atoms with Crippen LogP contribution in [0.4, 0.5) is 0 Å². The van der Waals surface area contributed by atoms with Gasteiger partial charge in [-0.1, -0.05) is 26.2 Å². The van der Waals surface area contributed by atoms with Crippen LogP contribution in [0, 0.1) is 5.41 Å². The minimum atomic E-state index is -0.560. The summed E-state index contributed by atoms with van der Waals surface area (Å²) in [6, 6.07) is 0. The quantitative estimate of drug-likeness (QED) is 0.678. The number of unbranched alkanes of at least 4 members (excludes halogenated alkanes) is 3. The molecule has 3 heteroatoms. The Hall–Kier alpha value is -0.700. The number of ether oxygens (including phenoxy) is 2. The van der Waals surface area contributed by atoms with Gasteiger partial charge in [0, 0.05) is 6.42 Å². The highest BCUT2D eigenvalue weighted by Gasteiger charge is 2.63. The van der Waals surface area contributed by atoms with Crippen LogP contribution >= 0.6 is 0 Å². The summed E-state index contributed by atoms with van der Waals surface area (Å²) in [7, 11) is 0. The van der Waals surface area contributed by atoms with Crippen molar-refractivity contribution in [3.8, 4) is 0 Å². The van der Waals surface area contributed by atoms with Crippen LogP contribution < -0.4 is 0 Å². The lowest BCUT2D eigenvalue weighted by Crippen LogP contribution is -2.43. The first-order valence-corrected chi connectivity index (χ1v) is 6.40. The van der Waals surface area contributed by atoms with E-state index in [0.717, 1.165) is 25.7 Å². The van der Waals surface area contributed by atoms with E-state index in [4.69, 9.17) is 9.47 Å². The fourth-order valence-electron chi connectivity index (χ4n) is 2.53. The van der Waals surface area contributed by atoms with Gasteiger partial charge in [0.15, 0.2) is 0 Å². The monoisotopic (exact) mass is 226 g/mol. The van der Waals surface area contributed by atoms with Crippen molar-refractivity contribution in [3.63, 3.8) is 0 Å². The molecule has 0 amide bonds. The summed E-state index contributed by atoms with van der Waals surface area (Å²) in [4.78, 5) is 0. The molecule has 1 aliphatic carbocycles. The Morgan fingerprint density at radius 1 is 1.12 bits per heavy atom. The van der Waals surface area contributed by atoms with Gasteiger partial charge in [-0.3, -0.25) is 0 Å². The highest BCUT2D eigenvalue weighted by Crippen LogP contribution is 2.59. The molecule has 1 saturated carbocycles. The van der Waals surface area contributed by atoms with Crippen LogP contribution in [-0.2, 0) is 9.47 Å². The van der Waals surface area contributed by atoms with Crippen LogP contribution in [0.5, 0.6) is 0 Å². The van der Waals surface area contributed by atoms with Gasteiger partial charge in [-0.25, -0.2) is 0 Å². The number of hydrogen-bond acceptors (Lipinski definition) is 3. The average molecular weight is 226 g/mol. The van der Waals surface area contributed by atoms with E-state index in [1.807, 2.05) is 0 Å². The molecule has 0 saturated heterocycles. The second-order valence-electron chi connectivity index (χ2n) is 5.01. The fourth-order valence-corrected chi connectivity index (χ4v) is 2.53. The Morgan fingerprint density at radius 2 is 1.81 bits per heavy atom. The Bertz CT molecular complexity index is 248. The van der Waals surface area contributed by atoms with Crippen molar-refractivity contribution >= 4 is 0 Å². The first-order chi connectivity index (χ1) is 7.79. The standard InChI is InChI=1S/C13H22O3/c1-2-3-4-5-6-13(15-9-10-16-13)12(11-14)7-8-12/h9-10,14H,2-8,11H2,1H3. The molecule has 2 aliphatic rings. The van der Waals surface area contributed by atoms with E-state index in [0.29, 0.717) is 0 Å². The lowest BCUT2D eigenvalue weighted by Gasteiger charge is -2.35. The lowest BCUT2D eigenvalue weighted by molar-refractivity contribution is -0.207. The van der Waals surface area contributed by atoms with Crippen molar-refractivity contribution < 1.29 is 14.6 Å². The predicted octanol–water partition coefficient (Wildman–Crippen LogP) is 2.94. The van der Waals surface area contributed by atoms with Gasteiger partial charge in [0.2, 0.25) is 0 Å². The Morgan fingerprint density at radius 3 is 2.31 bits per heavy atom. The van der Waals surface area contributed by atoms with Crippen LogP contribution in [0.3, 0.4) is 0 Å². The highest BCUT2D eigenvalue weighted by atomic mass is 16.7. The molecule has 16 heavy (non-hydrogen) atoms. The summed E-state index contributed by atoms with van der Waals surface area (Å²) in [5, 5.41) is 9.50. The molecule has 3 nitrogen and oxygen atoms in total. The number of aliphatic hydroxyl groups is 1. The molecular formula is C13H22O3. The molecular weight excluding hydrogens is 204 g/mol. The van der Waals surface area contributed by atoms with Crippen molar-refractivity contribution in [1.29, 1.82) is 0 Å². The van der Waals surface area contributed by atoms with E-state index in [9.17, 15) is 5.11 Å². The second kappa shape index (κ2) is 4.66. The van der Waals surface area contributed by atoms with Gasteiger partial charge in [-0.15, -0.1) is 0 Å². The molecule has 0 radical (unpaired) electrons. The molecule has 0 aromatic heterocycles. The SMILES string of the molecule is CCCCCCC1(C2(CO)CC2)OC=CO1. The molecule has 2 rings (SSSR count). The van der Waals surface area contributed by atoms with Gasteiger partial charge in [0.1, 0.15) is 12.5 Å². The van der Waals surface area contributed by atoms with Crippen molar-refractivity contribution in [2.24, 2.45) is 5.41 Å². The van der Waals surface area contributed by atoms with Crippen LogP contribution in [0.15, 0.2) is 12.5 Å². The zero-order chi connectivity index (χ0) is 11.5. The van der Waals surface area contributed by atoms with Crippen molar-refractivity contribution in [3.05, 3.63) is 12.5 Å². The molecule has 92 valence electrons. The number of aliphatic hydroxyl groups excluding tert-OH is 1. The normalized spacial score (nSPS) is 23.9. The van der Waals surface area contributed by atoms with Gasteiger partial charge < -0.3 is 14.6 Å². The highest BCUT2D eigenvalue weighted by molar-refractivity contribution is 5.07.